The summed E-state index contributed by atoms with van der Waals surface area (Å²) >= 11 is 0. The highest BCUT2D eigenvalue weighted by atomic mass is 16.3. The lowest BCUT2D eigenvalue weighted by molar-refractivity contribution is 0.0883. The van der Waals surface area contributed by atoms with Crippen LogP contribution in [0.4, 0.5) is 0 Å². The van der Waals surface area contributed by atoms with Crippen LogP contribution in [0.25, 0.3) is 0 Å². The van der Waals surface area contributed by atoms with Gasteiger partial charge < -0.3 is 10.8 Å². The van der Waals surface area contributed by atoms with E-state index in [9.17, 15) is 0 Å². The zero-order valence-electron chi connectivity index (χ0n) is 5.51. The lowest BCUT2D eigenvalue weighted by Crippen LogP contribution is -2.32. The van der Waals surface area contributed by atoms with Crippen LogP contribution in [0.2, 0.25) is 0 Å². The second-order valence-corrected chi connectivity index (χ2v) is 3.63. The number of nitrogens with two attached hydrogens (primary N) is 1. The van der Waals surface area contributed by atoms with Crippen LogP contribution in [-0.4, -0.2) is 17.8 Å². The average molecular weight is 127 g/mol. The van der Waals surface area contributed by atoms with Crippen molar-refractivity contribution in [3.05, 3.63) is 0 Å². The zero-order chi connectivity index (χ0) is 6.48. The summed E-state index contributed by atoms with van der Waals surface area (Å²) < 4.78 is 0. The minimum Gasteiger partial charge on any atom is -0.396 e. The molecule has 2 nitrogen and oxygen atoms in total. The van der Waals surface area contributed by atoms with Gasteiger partial charge in [0.15, 0.2) is 0 Å². The van der Waals surface area contributed by atoms with E-state index in [1.165, 1.54) is 19.3 Å². The molecule has 52 valence electrons. The lowest BCUT2D eigenvalue weighted by Gasteiger charge is -2.35. The van der Waals surface area contributed by atoms with Gasteiger partial charge in [-0.1, -0.05) is 0 Å². The predicted molar refractivity (Wildman–Crippen MR) is 34.8 cm³/mol. The van der Waals surface area contributed by atoms with Crippen molar-refractivity contribution in [2.24, 2.45) is 17.1 Å². The van der Waals surface area contributed by atoms with E-state index in [4.69, 9.17) is 10.8 Å². The average Bonchev–Trinajstić information content (AvgIpc) is 2.37. The van der Waals surface area contributed by atoms with Gasteiger partial charge in [0, 0.05) is 12.6 Å². The van der Waals surface area contributed by atoms with Gasteiger partial charge >= 0.3 is 0 Å². The molecule has 1 spiro atoms. The Morgan fingerprint density at radius 2 is 2.00 bits per heavy atom. The predicted octanol–water partition coefficient (Wildman–Crippen LogP) is 0.106. The Hall–Kier alpha value is -0.0800. The Bertz CT molecular complexity index is 129. The van der Waals surface area contributed by atoms with Crippen molar-refractivity contribution in [1.82, 2.24) is 0 Å². The van der Waals surface area contributed by atoms with E-state index >= 15 is 0 Å². The van der Waals surface area contributed by atoms with Gasteiger partial charge in [-0.15, -0.1) is 0 Å². The molecule has 0 radical (unpaired) electrons. The molecule has 2 rings (SSSR count). The summed E-state index contributed by atoms with van der Waals surface area (Å²) in [5.74, 6) is 0.582. The highest BCUT2D eigenvalue weighted by Gasteiger charge is 2.59. The first-order chi connectivity index (χ1) is 4.27. The van der Waals surface area contributed by atoms with Crippen LogP contribution in [-0.2, 0) is 0 Å². The molecule has 2 saturated carbocycles. The van der Waals surface area contributed by atoms with Gasteiger partial charge in [-0.2, -0.15) is 0 Å². The molecule has 2 aliphatic carbocycles. The number of hydrogen-bond acceptors (Lipinski definition) is 2. The molecule has 9 heavy (non-hydrogen) atoms. The highest BCUT2D eigenvalue weighted by Crippen LogP contribution is 2.61. The fourth-order valence-corrected chi connectivity index (χ4v) is 2.07. The van der Waals surface area contributed by atoms with Crippen molar-refractivity contribution < 1.29 is 5.11 Å². The van der Waals surface area contributed by atoms with Crippen molar-refractivity contribution in [2.75, 3.05) is 6.61 Å². The second-order valence-electron chi connectivity index (χ2n) is 3.63. The first-order valence-corrected chi connectivity index (χ1v) is 3.63. The summed E-state index contributed by atoms with van der Waals surface area (Å²) in [5, 5.41) is 8.69. The summed E-state index contributed by atoms with van der Waals surface area (Å²) in [7, 11) is 0. The molecule has 3 N–H and O–H groups in total. The Morgan fingerprint density at radius 3 is 2.33 bits per heavy atom. The van der Waals surface area contributed by atoms with Crippen molar-refractivity contribution in [2.45, 2.75) is 25.3 Å². The Morgan fingerprint density at radius 1 is 1.44 bits per heavy atom. The maximum atomic E-state index is 8.69. The molecule has 0 aromatic heterocycles. The third kappa shape index (κ3) is 0.634. The molecule has 0 saturated heterocycles. The second kappa shape index (κ2) is 1.50. The van der Waals surface area contributed by atoms with Gasteiger partial charge in [0.1, 0.15) is 0 Å². The van der Waals surface area contributed by atoms with Crippen LogP contribution >= 0.6 is 0 Å². The monoisotopic (exact) mass is 127 g/mol. The summed E-state index contributed by atoms with van der Waals surface area (Å²) in [6, 6.07) is 0.472. The summed E-state index contributed by atoms with van der Waals surface area (Å²) in [6.45, 7) is 0.370. The molecule has 0 aromatic carbocycles. The van der Waals surface area contributed by atoms with E-state index in [1.807, 2.05) is 0 Å². The van der Waals surface area contributed by atoms with Gasteiger partial charge in [0.25, 0.3) is 0 Å². The molecule has 0 aliphatic heterocycles. The molecule has 2 aliphatic rings. The number of aliphatic hydroxyl groups excluding tert-OH is 1. The molecule has 0 bridgehead atoms. The van der Waals surface area contributed by atoms with Crippen molar-refractivity contribution in [3.8, 4) is 0 Å². The third-order valence-electron chi connectivity index (χ3n) is 2.90. The summed E-state index contributed by atoms with van der Waals surface area (Å²) in [5.41, 5.74) is 6.22. The van der Waals surface area contributed by atoms with Gasteiger partial charge in [0.2, 0.25) is 0 Å². The SMILES string of the molecule is NC1CC12CC(CO)C2. The quantitative estimate of drug-likeness (QED) is 0.525. The third-order valence-corrected chi connectivity index (χ3v) is 2.90. The normalized spacial score (nSPS) is 55.3. The van der Waals surface area contributed by atoms with Crippen LogP contribution < -0.4 is 5.73 Å². The standard InChI is InChI=1S/C7H13NO/c8-6-3-7(6)1-5(2-7)4-9/h5-6,9H,1-4,8H2. The van der Waals surface area contributed by atoms with Crippen LogP contribution in [0.1, 0.15) is 19.3 Å². The van der Waals surface area contributed by atoms with Gasteiger partial charge in [-0.25, -0.2) is 0 Å². The fraction of sp³-hybridized carbons (Fsp3) is 1.00. The zero-order valence-corrected chi connectivity index (χ0v) is 5.51. The lowest BCUT2D eigenvalue weighted by atomic mass is 9.72. The van der Waals surface area contributed by atoms with Gasteiger partial charge in [-0.3, -0.25) is 0 Å². The molecular weight excluding hydrogens is 114 g/mol. The molecule has 0 aromatic rings. The Labute approximate surface area is 55.1 Å². The van der Waals surface area contributed by atoms with E-state index in [2.05, 4.69) is 0 Å². The van der Waals surface area contributed by atoms with Crippen molar-refractivity contribution in [3.63, 3.8) is 0 Å². The van der Waals surface area contributed by atoms with E-state index in [0.717, 1.165) is 0 Å². The minimum atomic E-state index is 0.370. The molecular formula is C7H13NO. The van der Waals surface area contributed by atoms with E-state index < -0.39 is 0 Å². The van der Waals surface area contributed by atoms with Crippen LogP contribution in [0.5, 0.6) is 0 Å². The first kappa shape index (κ1) is 5.69. The fourth-order valence-electron chi connectivity index (χ4n) is 2.07. The highest BCUT2D eigenvalue weighted by molar-refractivity contribution is 5.13. The molecule has 0 heterocycles. The Kier molecular flexibility index (Phi) is 0.945. The molecule has 1 atom stereocenters. The Balaban J connectivity index is 1.85. The van der Waals surface area contributed by atoms with Crippen molar-refractivity contribution in [1.29, 1.82) is 0 Å². The number of hydrogen-bond donors (Lipinski definition) is 2. The topological polar surface area (TPSA) is 46.2 Å². The maximum absolute atomic E-state index is 8.69. The van der Waals surface area contributed by atoms with Gasteiger partial charge in [-0.05, 0) is 30.6 Å². The number of rotatable bonds is 1. The maximum Gasteiger partial charge on any atom is 0.0459 e. The molecule has 2 heteroatoms. The van der Waals surface area contributed by atoms with Crippen LogP contribution in [0, 0.1) is 11.3 Å². The van der Waals surface area contributed by atoms with E-state index in [0.29, 0.717) is 24.0 Å². The number of aliphatic hydroxyl groups is 1. The van der Waals surface area contributed by atoms with E-state index in [1.54, 1.807) is 0 Å². The summed E-state index contributed by atoms with van der Waals surface area (Å²) in [4.78, 5) is 0. The van der Waals surface area contributed by atoms with E-state index in [-0.39, 0.29) is 0 Å². The minimum absolute atomic E-state index is 0.370. The van der Waals surface area contributed by atoms with Gasteiger partial charge in [0.05, 0.1) is 0 Å². The van der Waals surface area contributed by atoms with Crippen LogP contribution in [0.3, 0.4) is 0 Å². The molecule has 1 unspecified atom stereocenters. The smallest absolute Gasteiger partial charge is 0.0459 e. The first-order valence-electron chi connectivity index (χ1n) is 3.63. The molecule has 0 amide bonds. The van der Waals surface area contributed by atoms with Crippen molar-refractivity contribution >= 4 is 0 Å². The summed E-state index contributed by atoms with van der Waals surface area (Å²) in [6.07, 6.45) is 3.58. The van der Waals surface area contributed by atoms with Crippen LogP contribution in [0.15, 0.2) is 0 Å². The largest absolute Gasteiger partial charge is 0.396 e. The molecule has 2 fully saturated rings.